The molecule has 2 fully saturated rings. The predicted octanol–water partition coefficient (Wildman–Crippen LogP) is -0.259. The highest BCUT2D eigenvalue weighted by atomic mass is 16.6. The number of hydrogen-bond donors (Lipinski definition) is 2. The Kier molecular flexibility index (Phi) is 4.24. The Morgan fingerprint density at radius 3 is 2.53 bits per heavy atom. The van der Waals surface area contributed by atoms with Crippen LogP contribution in [0.3, 0.4) is 0 Å². The Labute approximate surface area is 111 Å². The standard InChI is InChI=1S/C12H19N3O4/c13-11(17)9-5-2-6-15(9)10(16)7-14-12(18)19-8-3-1-4-8/h8-9H,1-7H2,(H2,13,17)(H,14,18)/t9-/m0/s1. The molecule has 1 aliphatic heterocycles. The highest BCUT2D eigenvalue weighted by molar-refractivity contribution is 5.89. The molecule has 1 saturated heterocycles. The van der Waals surface area contributed by atoms with Crippen molar-refractivity contribution in [3.8, 4) is 0 Å². The van der Waals surface area contributed by atoms with Crippen LogP contribution in [0.4, 0.5) is 4.79 Å². The summed E-state index contributed by atoms with van der Waals surface area (Å²) in [6, 6.07) is -0.544. The maximum absolute atomic E-state index is 11.9. The first-order chi connectivity index (χ1) is 9.08. The van der Waals surface area contributed by atoms with Gasteiger partial charge in [0.25, 0.3) is 0 Å². The molecule has 7 heteroatoms. The minimum absolute atomic E-state index is 0.0137. The van der Waals surface area contributed by atoms with Crippen LogP contribution in [0.5, 0.6) is 0 Å². The molecule has 0 unspecified atom stereocenters. The Morgan fingerprint density at radius 2 is 1.95 bits per heavy atom. The van der Waals surface area contributed by atoms with Gasteiger partial charge in [-0.1, -0.05) is 0 Å². The molecule has 2 rings (SSSR count). The summed E-state index contributed by atoms with van der Waals surface area (Å²) in [4.78, 5) is 35.9. The summed E-state index contributed by atoms with van der Waals surface area (Å²) < 4.78 is 5.06. The molecule has 2 aliphatic rings. The third-order valence-corrected chi connectivity index (χ3v) is 3.61. The van der Waals surface area contributed by atoms with E-state index in [9.17, 15) is 14.4 Å². The number of hydrogen-bond acceptors (Lipinski definition) is 4. The van der Waals surface area contributed by atoms with Crippen LogP contribution >= 0.6 is 0 Å². The number of nitrogens with zero attached hydrogens (tertiary/aromatic N) is 1. The smallest absolute Gasteiger partial charge is 0.407 e. The number of likely N-dealkylation sites (tertiary alicyclic amines) is 1. The number of nitrogens with two attached hydrogens (primary N) is 1. The molecule has 0 aromatic rings. The fourth-order valence-electron chi connectivity index (χ4n) is 2.29. The van der Waals surface area contributed by atoms with E-state index >= 15 is 0 Å². The maximum Gasteiger partial charge on any atom is 0.407 e. The third-order valence-electron chi connectivity index (χ3n) is 3.61. The van der Waals surface area contributed by atoms with Crippen molar-refractivity contribution >= 4 is 17.9 Å². The van der Waals surface area contributed by atoms with Gasteiger partial charge in [0, 0.05) is 6.54 Å². The van der Waals surface area contributed by atoms with Crippen molar-refractivity contribution in [2.75, 3.05) is 13.1 Å². The van der Waals surface area contributed by atoms with E-state index in [1.54, 1.807) is 0 Å². The van der Waals surface area contributed by atoms with Crippen molar-refractivity contribution in [2.45, 2.75) is 44.2 Å². The maximum atomic E-state index is 11.9. The van der Waals surface area contributed by atoms with Crippen LogP contribution in [0.1, 0.15) is 32.1 Å². The Balaban J connectivity index is 1.74. The molecule has 1 heterocycles. The minimum Gasteiger partial charge on any atom is -0.446 e. The van der Waals surface area contributed by atoms with Gasteiger partial charge >= 0.3 is 6.09 Å². The van der Waals surface area contributed by atoms with Gasteiger partial charge in [0.2, 0.25) is 11.8 Å². The van der Waals surface area contributed by atoms with Crippen LogP contribution in [0, 0.1) is 0 Å². The molecular weight excluding hydrogens is 250 g/mol. The molecule has 0 bridgehead atoms. The number of carbonyl (C=O) groups is 3. The molecule has 3 N–H and O–H groups in total. The Bertz CT molecular complexity index is 381. The monoisotopic (exact) mass is 269 g/mol. The number of alkyl carbamates (subject to hydrolysis) is 1. The molecule has 0 spiro atoms. The van der Waals surface area contributed by atoms with Crippen LogP contribution < -0.4 is 11.1 Å². The Hall–Kier alpha value is -1.79. The first-order valence-electron chi connectivity index (χ1n) is 6.61. The van der Waals surface area contributed by atoms with Gasteiger partial charge < -0.3 is 20.7 Å². The molecule has 106 valence electrons. The highest BCUT2D eigenvalue weighted by Crippen LogP contribution is 2.21. The third kappa shape index (κ3) is 3.36. The average molecular weight is 269 g/mol. The number of primary amides is 1. The summed E-state index contributed by atoms with van der Waals surface area (Å²) in [6.07, 6.45) is 3.60. The lowest BCUT2D eigenvalue weighted by molar-refractivity contribution is -0.136. The zero-order chi connectivity index (χ0) is 13.8. The molecule has 0 aromatic carbocycles. The summed E-state index contributed by atoms with van der Waals surface area (Å²) in [5, 5.41) is 2.41. The van der Waals surface area contributed by atoms with E-state index < -0.39 is 18.0 Å². The van der Waals surface area contributed by atoms with Crippen molar-refractivity contribution in [1.82, 2.24) is 10.2 Å². The molecule has 19 heavy (non-hydrogen) atoms. The van der Waals surface area contributed by atoms with Crippen molar-refractivity contribution < 1.29 is 19.1 Å². The summed E-state index contributed by atoms with van der Waals surface area (Å²) in [5.41, 5.74) is 5.23. The first kappa shape index (κ1) is 13.6. The Morgan fingerprint density at radius 1 is 1.21 bits per heavy atom. The SMILES string of the molecule is NC(=O)[C@@H]1CCCN1C(=O)CNC(=O)OC1CCC1. The average Bonchev–Trinajstić information content (AvgIpc) is 2.80. The van der Waals surface area contributed by atoms with Crippen molar-refractivity contribution in [1.29, 1.82) is 0 Å². The van der Waals surface area contributed by atoms with Gasteiger partial charge in [-0.25, -0.2) is 4.79 Å². The minimum atomic E-state index is -0.576. The van der Waals surface area contributed by atoms with Gasteiger partial charge in [0.15, 0.2) is 0 Å². The molecule has 0 aromatic heterocycles. The summed E-state index contributed by atoms with van der Waals surface area (Å²) in [6.45, 7) is 0.348. The number of rotatable bonds is 4. The summed E-state index contributed by atoms with van der Waals surface area (Å²) in [7, 11) is 0. The van der Waals surface area contributed by atoms with E-state index in [0.717, 1.165) is 25.7 Å². The van der Waals surface area contributed by atoms with E-state index in [-0.39, 0.29) is 18.6 Å². The molecule has 7 nitrogen and oxygen atoms in total. The number of amides is 3. The van der Waals surface area contributed by atoms with Crippen LogP contribution in [-0.2, 0) is 14.3 Å². The molecule has 3 amide bonds. The molecule has 1 atom stereocenters. The van der Waals surface area contributed by atoms with E-state index in [0.29, 0.717) is 13.0 Å². The highest BCUT2D eigenvalue weighted by Gasteiger charge is 2.32. The van der Waals surface area contributed by atoms with Crippen molar-refractivity contribution in [3.05, 3.63) is 0 Å². The fraction of sp³-hybridized carbons (Fsp3) is 0.750. The summed E-state index contributed by atoms with van der Waals surface area (Å²) in [5.74, 6) is -0.797. The van der Waals surface area contributed by atoms with Crippen LogP contribution in [-0.4, -0.2) is 48.0 Å². The lowest BCUT2D eigenvalue weighted by Crippen LogP contribution is -2.47. The molecule has 1 saturated carbocycles. The largest absolute Gasteiger partial charge is 0.446 e. The van der Waals surface area contributed by atoms with Gasteiger partial charge in [-0.05, 0) is 32.1 Å². The topological polar surface area (TPSA) is 102 Å². The van der Waals surface area contributed by atoms with Gasteiger partial charge in [-0.3, -0.25) is 9.59 Å². The number of nitrogens with one attached hydrogen (secondary N) is 1. The molecule has 1 aliphatic carbocycles. The van der Waals surface area contributed by atoms with E-state index in [1.165, 1.54) is 4.90 Å². The number of carbonyl (C=O) groups excluding carboxylic acids is 3. The van der Waals surface area contributed by atoms with Gasteiger partial charge in [0.1, 0.15) is 18.7 Å². The molecular formula is C12H19N3O4. The second-order valence-electron chi connectivity index (χ2n) is 4.96. The van der Waals surface area contributed by atoms with Gasteiger partial charge in [-0.15, -0.1) is 0 Å². The number of ether oxygens (including phenoxy) is 1. The zero-order valence-electron chi connectivity index (χ0n) is 10.8. The van der Waals surface area contributed by atoms with Crippen LogP contribution in [0.15, 0.2) is 0 Å². The lowest BCUT2D eigenvalue weighted by atomic mass is 9.96. The molecule has 0 radical (unpaired) electrons. The normalized spacial score (nSPS) is 22.7. The van der Waals surface area contributed by atoms with Crippen molar-refractivity contribution in [2.24, 2.45) is 5.73 Å². The lowest BCUT2D eigenvalue weighted by Gasteiger charge is -2.26. The second kappa shape index (κ2) is 5.90. The second-order valence-corrected chi connectivity index (χ2v) is 4.96. The quantitative estimate of drug-likeness (QED) is 0.734. The van der Waals surface area contributed by atoms with E-state index in [1.807, 2.05) is 0 Å². The van der Waals surface area contributed by atoms with Gasteiger partial charge in [-0.2, -0.15) is 0 Å². The first-order valence-corrected chi connectivity index (χ1v) is 6.61. The zero-order valence-corrected chi connectivity index (χ0v) is 10.8. The fourth-order valence-corrected chi connectivity index (χ4v) is 2.29. The predicted molar refractivity (Wildman–Crippen MR) is 66.1 cm³/mol. The van der Waals surface area contributed by atoms with E-state index in [4.69, 9.17) is 10.5 Å². The van der Waals surface area contributed by atoms with E-state index in [2.05, 4.69) is 5.32 Å². The summed E-state index contributed by atoms with van der Waals surface area (Å²) >= 11 is 0. The van der Waals surface area contributed by atoms with Crippen LogP contribution in [0.25, 0.3) is 0 Å². The van der Waals surface area contributed by atoms with Gasteiger partial charge in [0.05, 0.1) is 0 Å². The van der Waals surface area contributed by atoms with Crippen molar-refractivity contribution in [3.63, 3.8) is 0 Å². The van der Waals surface area contributed by atoms with Crippen LogP contribution in [0.2, 0.25) is 0 Å².